The summed E-state index contributed by atoms with van der Waals surface area (Å²) in [6.07, 6.45) is 0.866. The Kier molecular flexibility index (Phi) is 5.56. The second-order valence-corrected chi connectivity index (χ2v) is 6.21. The fourth-order valence-corrected chi connectivity index (χ4v) is 2.88. The van der Waals surface area contributed by atoms with Gasteiger partial charge >= 0.3 is 0 Å². The molecule has 0 spiro atoms. The number of carbonyl (C=O) groups excluding carboxylic acids is 1. The summed E-state index contributed by atoms with van der Waals surface area (Å²) in [5, 5.41) is 6.08. The maximum absolute atomic E-state index is 12.1. The standard InChI is InChI=1S/C20H24N2O3/c1-14(24-2)15-7-5-8-17(10-15)21-13-20(23)22-12-18-11-16-6-3-4-9-19(16)25-18/h3-10,14,18,21H,11-13H2,1-2H3,(H,22,23). The van der Waals surface area contributed by atoms with Crippen molar-refractivity contribution in [2.45, 2.75) is 25.6 Å². The van der Waals surface area contributed by atoms with Crippen molar-refractivity contribution in [2.75, 3.05) is 25.5 Å². The number of para-hydroxylation sites is 1. The van der Waals surface area contributed by atoms with E-state index in [1.807, 2.05) is 49.4 Å². The van der Waals surface area contributed by atoms with Gasteiger partial charge in [-0.2, -0.15) is 0 Å². The number of amides is 1. The van der Waals surface area contributed by atoms with Gasteiger partial charge in [0.1, 0.15) is 11.9 Å². The highest BCUT2D eigenvalue weighted by Gasteiger charge is 2.22. The molecule has 1 amide bonds. The highest BCUT2D eigenvalue weighted by atomic mass is 16.5. The Morgan fingerprint density at radius 1 is 1.28 bits per heavy atom. The fraction of sp³-hybridized carbons (Fsp3) is 0.350. The summed E-state index contributed by atoms with van der Waals surface area (Å²) >= 11 is 0. The first-order chi connectivity index (χ1) is 12.2. The summed E-state index contributed by atoms with van der Waals surface area (Å²) in [4.78, 5) is 12.1. The van der Waals surface area contributed by atoms with Gasteiger partial charge in [0, 0.05) is 19.2 Å². The molecule has 25 heavy (non-hydrogen) atoms. The van der Waals surface area contributed by atoms with Gasteiger partial charge in [0.15, 0.2) is 0 Å². The van der Waals surface area contributed by atoms with Gasteiger partial charge in [0.25, 0.3) is 0 Å². The third-order valence-electron chi connectivity index (χ3n) is 4.40. The number of nitrogens with one attached hydrogen (secondary N) is 2. The molecule has 1 aliphatic heterocycles. The second kappa shape index (κ2) is 8.03. The van der Waals surface area contributed by atoms with Gasteiger partial charge in [-0.25, -0.2) is 0 Å². The molecule has 3 rings (SSSR count). The average Bonchev–Trinajstić information content (AvgIpc) is 3.07. The Labute approximate surface area is 148 Å². The molecule has 132 valence electrons. The first kappa shape index (κ1) is 17.3. The Balaban J connectivity index is 1.43. The highest BCUT2D eigenvalue weighted by molar-refractivity contribution is 5.80. The molecule has 1 heterocycles. The Bertz CT molecular complexity index is 707. The van der Waals surface area contributed by atoms with Gasteiger partial charge in [0.05, 0.1) is 19.2 Å². The van der Waals surface area contributed by atoms with Crippen molar-refractivity contribution in [1.82, 2.24) is 5.32 Å². The number of rotatable bonds is 7. The van der Waals surface area contributed by atoms with Gasteiger partial charge in [-0.1, -0.05) is 30.3 Å². The second-order valence-electron chi connectivity index (χ2n) is 6.21. The first-order valence-corrected chi connectivity index (χ1v) is 8.53. The third-order valence-corrected chi connectivity index (χ3v) is 4.40. The number of hydrogen-bond acceptors (Lipinski definition) is 4. The van der Waals surface area contributed by atoms with Crippen LogP contribution < -0.4 is 15.4 Å². The van der Waals surface area contributed by atoms with E-state index in [0.717, 1.165) is 23.4 Å². The van der Waals surface area contributed by atoms with E-state index >= 15 is 0 Å². The van der Waals surface area contributed by atoms with Gasteiger partial charge < -0.3 is 20.1 Å². The van der Waals surface area contributed by atoms with E-state index in [2.05, 4.69) is 16.7 Å². The van der Waals surface area contributed by atoms with Crippen LogP contribution in [0.1, 0.15) is 24.2 Å². The molecule has 5 heteroatoms. The molecule has 2 atom stereocenters. The minimum atomic E-state index is -0.0512. The summed E-state index contributed by atoms with van der Waals surface area (Å²) in [5.41, 5.74) is 3.18. The molecule has 0 radical (unpaired) electrons. The van der Waals surface area contributed by atoms with Crippen molar-refractivity contribution in [1.29, 1.82) is 0 Å². The van der Waals surface area contributed by atoms with Crippen LogP contribution in [-0.4, -0.2) is 32.2 Å². The fourth-order valence-electron chi connectivity index (χ4n) is 2.88. The molecule has 2 aromatic carbocycles. The molecule has 0 aromatic heterocycles. The Morgan fingerprint density at radius 3 is 2.92 bits per heavy atom. The number of methoxy groups -OCH3 is 1. The zero-order valence-corrected chi connectivity index (χ0v) is 14.6. The van der Waals surface area contributed by atoms with Crippen LogP contribution in [0.5, 0.6) is 5.75 Å². The zero-order valence-electron chi connectivity index (χ0n) is 14.6. The SMILES string of the molecule is COC(C)c1cccc(NCC(=O)NCC2Cc3ccccc3O2)c1. The van der Waals surface area contributed by atoms with Crippen molar-refractivity contribution >= 4 is 11.6 Å². The van der Waals surface area contributed by atoms with Gasteiger partial charge in [-0.15, -0.1) is 0 Å². The van der Waals surface area contributed by atoms with Crippen LogP contribution in [-0.2, 0) is 16.0 Å². The molecular formula is C20H24N2O3. The predicted molar refractivity (Wildman–Crippen MR) is 97.9 cm³/mol. The van der Waals surface area contributed by atoms with Crippen LogP contribution in [0.25, 0.3) is 0 Å². The normalized spacial score (nSPS) is 16.6. The quantitative estimate of drug-likeness (QED) is 0.814. The van der Waals surface area contributed by atoms with Crippen LogP contribution >= 0.6 is 0 Å². The van der Waals surface area contributed by atoms with Gasteiger partial charge in [-0.05, 0) is 36.2 Å². The maximum atomic E-state index is 12.1. The highest BCUT2D eigenvalue weighted by Crippen LogP contribution is 2.27. The van der Waals surface area contributed by atoms with Crippen molar-refractivity contribution in [2.24, 2.45) is 0 Å². The van der Waals surface area contributed by atoms with Crippen molar-refractivity contribution in [3.63, 3.8) is 0 Å². The Morgan fingerprint density at radius 2 is 2.12 bits per heavy atom. The van der Waals surface area contributed by atoms with Crippen LogP contribution in [0.3, 0.4) is 0 Å². The van der Waals surface area contributed by atoms with Gasteiger partial charge in [0.2, 0.25) is 5.91 Å². The molecule has 2 aromatic rings. The molecular weight excluding hydrogens is 316 g/mol. The van der Waals surface area contributed by atoms with Crippen LogP contribution in [0.2, 0.25) is 0 Å². The molecule has 0 saturated heterocycles. The van der Waals surface area contributed by atoms with Crippen molar-refractivity contribution in [3.8, 4) is 5.75 Å². The number of ether oxygens (including phenoxy) is 2. The zero-order chi connectivity index (χ0) is 17.6. The molecule has 0 bridgehead atoms. The molecule has 0 saturated carbocycles. The monoisotopic (exact) mass is 340 g/mol. The summed E-state index contributed by atoms with van der Waals surface area (Å²) in [5.74, 6) is 0.869. The molecule has 0 fully saturated rings. The predicted octanol–water partition coefficient (Wildman–Crippen LogP) is 2.93. The average molecular weight is 340 g/mol. The number of carbonyl (C=O) groups is 1. The molecule has 5 nitrogen and oxygen atoms in total. The number of hydrogen-bond donors (Lipinski definition) is 2. The van der Waals surface area contributed by atoms with Crippen molar-refractivity contribution in [3.05, 3.63) is 59.7 Å². The van der Waals surface area contributed by atoms with Crippen molar-refractivity contribution < 1.29 is 14.3 Å². The minimum absolute atomic E-state index is 0.00669. The lowest BCUT2D eigenvalue weighted by molar-refractivity contribution is -0.119. The lowest BCUT2D eigenvalue weighted by atomic mass is 10.1. The summed E-state index contributed by atoms with van der Waals surface area (Å²) in [6, 6.07) is 15.9. The van der Waals surface area contributed by atoms with Crippen LogP contribution in [0.4, 0.5) is 5.69 Å². The Hall–Kier alpha value is -2.53. The topological polar surface area (TPSA) is 59.6 Å². The summed E-state index contributed by atoms with van der Waals surface area (Å²) in [6.45, 7) is 2.73. The third kappa shape index (κ3) is 4.51. The van der Waals surface area contributed by atoms with E-state index in [0.29, 0.717) is 6.54 Å². The van der Waals surface area contributed by atoms with E-state index in [-0.39, 0.29) is 24.7 Å². The summed E-state index contributed by atoms with van der Waals surface area (Å²) in [7, 11) is 1.68. The van der Waals surface area contributed by atoms with Crippen LogP contribution in [0.15, 0.2) is 48.5 Å². The van der Waals surface area contributed by atoms with Gasteiger partial charge in [-0.3, -0.25) is 4.79 Å². The first-order valence-electron chi connectivity index (χ1n) is 8.53. The van der Waals surface area contributed by atoms with E-state index in [9.17, 15) is 4.79 Å². The maximum Gasteiger partial charge on any atom is 0.239 e. The number of benzene rings is 2. The molecule has 2 unspecified atom stereocenters. The lowest BCUT2D eigenvalue weighted by Gasteiger charge is -2.14. The van der Waals surface area contributed by atoms with E-state index in [1.165, 1.54) is 5.56 Å². The smallest absolute Gasteiger partial charge is 0.239 e. The van der Waals surface area contributed by atoms with E-state index in [1.54, 1.807) is 7.11 Å². The summed E-state index contributed by atoms with van der Waals surface area (Å²) < 4.78 is 11.1. The molecule has 2 N–H and O–H groups in total. The van der Waals surface area contributed by atoms with E-state index in [4.69, 9.17) is 9.47 Å². The molecule has 0 aliphatic carbocycles. The largest absolute Gasteiger partial charge is 0.488 e. The van der Waals surface area contributed by atoms with Crippen LogP contribution in [0, 0.1) is 0 Å². The molecule has 1 aliphatic rings. The lowest BCUT2D eigenvalue weighted by Crippen LogP contribution is -2.37. The number of anilines is 1. The minimum Gasteiger partial charge on any atom is -0.488 e. The van der Waals surface area contributed by atoms with E-state index < -0.39 is 0 Å². The number of fused-ring (bicyclic) bond motifs is 1.